The van der Waals surface area contributed by atoms with Crippen LogP contribution in [0, 0.1) is 0 Å². The first-order valence-corrected chi connectivity index (χ1v) is 11.0. The zero-order valence-electron chi connectivity index (χ0n) is 18.4. The van der Waals surface area contributed by atoms with Crippen LogP contribution in [-0.2, 0) is 16.1 Å². The molecule has 0 spiro atoms. The van der Waals surface area contributed by atoms with Crippen molar-refractivity contribution in [2.75, 3.05) is 28.6 Å². The van der Waals surface area contributed by atoms with Crippen molar-refractivity contribution in [3.63, 3.8) is 0 Å². The number of piperidine rings is 1. The average Bonchev–Trinajstić information content (AvgIpc) is 2.84. The molecule has 33 heavy (non-hydrogen) atoms. The van der Waals surface area contributed by atoms with Crippen LogP contribution in [0.15, 0.2) is 60.9 Å². The van der Waals surface area contributed by atoms with E-state index >= 15 is 0 Å². The van der Waals surface area contributed by atoms with Crippen molar-refractivity contribution in [2.45, 2.75) is 38.6 Å². The maximum absolute atomic E-state index is 13.1. The third-order valence-electron chi connectivity index (χ3n) is 5.36. The van der Waals surface area contributed by atoms with Gasteiger partial charge in [-0.1, -0.05) is 36.4 Å². The van der Waals surface area contributed by atoms with Gasteiger partial charge >= 0.3 is 0 Å². The number of ether oxygens (including phenoxy) is 1. The Balaban J connectivity index is 1.32. The van der Waals surface area contributed by atoms with E-state index < -0.39 is 12.1 Å². The van der Waals surface area contributed by atoms with Gasteiger partial charge in [-0.05, 0) is 43.5 Å². The molecule has 4 rings (SSSR count). The number of nitrogens with zero attached hydrogens (tertiary/aromatic N) is 4. The van der Waals surface area contributed by atoms with E-state index in [2.05, 4.69) is 42.6 Å². The van der Waals surface area contributed by atoms with Crippen LogP contribution in [0.3, 0.4) is 0 Å². The first-order valence-electron chi connectivity index (χ1n) is 11.0. The highest BCUT2D eigenvalue weighted by Gasteiger charge is 2.22. The summed E-state index contributed by atoms with van der Waals surface area (Å²) in [7, 11) is 0. The number of anilines is 4. The Morgan fingerprint density at radius 1 is 1.12 bits per heavy atom. The lowest BCUT2D eigenvalue weighted by Crippen LogP contribution is -2.38. The molecule has 9 heteroatoms. The molecule has 1 unspecified atom stereocenters. The normalized spacial score (nSPS) is 15.2. The Morgan fingerprint density at radius 2 is 1.88 bits per heavy atom. The smallest absolute Gasteiger partial charge is 0.258 e. The van der Waals surface area contributed by atoms with Gasteiger partial charge in [-0.25, -0.2) is 14.4 Å². The number of benzene rings is 2. The molecule has 1 aromatic heterocycles. The van der Waals surface area contributed by atoms with E-state index in [0.717, 1.165) is 25.9 Å². The fourth-order valence-electron chi connectivity index (χ4n) is 3.56. The Hall–Kier alpha value is -3.59. The molecule has 0 radical (unpaired) electrons. The lowest BCUT2D eigenvalue weighted by molar-refractivity contribution is -0.120. The molecule has 172 valence electrons. The highest BCUT2D eigenvalue weighted by atomic mass is 19.1. The van der Waals surface area contributed by atoms with Gasteiger partial charge in [0.2, 0.25) is 11.9 Å². The quantitative estimate of drug-likeness (QED) is 0.534. The topological polar surface area (TPSA) is 92.3 Å². The second-order valence-electron chi connectivity index (χ2n) is 7.90. The SMILES string of the molecule is CC(F)C(=O)Nc1cccc(Nc2ncnc(N3CCC(OCc4ccccc4)CC3)n2)c1. The molecular formula is C24H27FN6O2. The van der Waals surface area contributed by atoms with Crippen molar-refractivity contribution in [1.82, 2.24) is 15.0 Å². The monoisotopic (exact) mass is 450 g/mol. The van der Waals surface area contributed by atoms with Crippen LogP contribution in [0.25, 0.3) is 0 Å². The van der Waals surface area contributed by atoms with E-state index in [-0.39, 0.29) is 6.10 Å². The molecule has 0 aliphatic carbocycles. The lowest BCUT2D eigenvalue weighted by Gasteiger charge is -2.31. The maximum Gasteiger partial charge on any atom is 0.258 e. The largest absolute Gasteiger partial charge is 0.373 e. The van der Waals surface area contributed by atoms with Crippen molar-refractivity contribution in [1.29, 1.82) is 0 Å². The Kier molecular flexibility index (Phi) is 7.41. The molecule has 2 aromatic carbocycles. The van der Waals surface area contributed by atoms with E-state index in [0.29, 0.717) is 29.9 Å². The zero-order valence-corrected chi connectivity index (χ0v) is 18.4. The highest BCUT2D eigenvalue weighted by molar-refractivity contribution is 5.94. The molecule has 2 N–H and O–H groups in total. The molecule has 2 heterocycles. The summed E-state index contributed by atoms with van der Waals surface area (Å²) in [5, 5.41) is 5.64. The van der Waals surface area contributed by atoms with Crippen molar-refractivity contribution in [2.24, 2.45) is 0 Å². The van der Waals surface area contributed by atoms with Crippen LogP contribution in [0.2, 0.25) is 0 Å². The molecule has 1 saturated heterocycles. The Bertz CT molecular complexity index is 1060. The van der Waals surface area contributed by atoms with Crippen LogP contribution >= 0.6 is 0 Å². The molecule has 1 aliphatic heterocycles. The van der Waals surface area contributed by atoms with E-state index in [1.807, 2.05) is 24.3 Å². The average molecular weight is 451 g/mol. The van der Waals surface area contributed by atoms with Gasteiger partial charge < -0.3 is 20.3 Å². The number of halogens is 1. The minimum Gasteiger partial charge on any atom is -0.373 e. The van der Waals surface area contributed by atoms with Gasteiger partial charge in [0.1, 0.15) is 6.33 Å². The van der Waals surface area contributed by atoms with Crippen molar-refractivity contribution in [3.05, 3.63) is 66.5 Å². The standard InChI is InChI=1S/C24H27FN6O2/c1-17(25)22(32)28-19-8-5-9-20(14-19)29-23-26-16-27-24(30-23)31-12-10-21(11-13-31)33-15-18-6-3-2-4-7-18/h2-9,14,16-17,21H,10-13,15H2,1H3,(H,28,32)(H,26,27,29,30). The van der Waals surface area contributed by atoms with Crippen LogP contribution in [0.4, 0.5) is 27.7 Å². The van der Waals surface area contributed by atoms with Gasteiger partial charge in [0, 0.05) is 24.5 Å². The third-order valence-corrected chi connectivity index (χ3v) is 5.36. The summed E-state index contributed by atoms with van der Waals surface area (Å²) in [6, 6.07) is 17.1. The number of amides is 1. The fourth-order valence-corrected chi connectivity index (χ4v) is 3.56. The molecule has 1 amide bonds. The van der Waals surface area contributed by atoms with Crippen LogP contribution < -0.4 is 15.5 Å². The number of rotatable bonds is 8. The predicted molar refractivity (Wildman–Crippen MR) is 125 cm³/mol. The summed E-state index contributed by atoms with van der Waals surface area (Å²) in [5.41, 5.74) is 2.33. The van der Waals surface area contributed by atoms with Gasteiger partial charge in [0.05, 0.1) is 12.7 Å². The van der Waals surface area contributed by atoms with E-state index in [1.165, 1.54) is 18.8 Å². The number of carbonyl (C=O) groups excluding carboxylic acids is 1. The van der Waals surface area contributed by atoms with Gasteiger partial charge in [-0.2, -0.15) is 4.98 Å². The van der Waals surface area contributed by atoms with Crippen molar-refractivity contribution < 1.29 is 13.9 Å². The molecule has 0 bridgehead atoms. The number of aromatic nitrogens is 3. The van der Waals surface area contributed by atoms with Gasteiger partial charge in [-0.15, -0.1) is 0 Å². The molecule has 1 fully saturated rings. The Morgan fingerprint density at radius 3 is 2.64 bits per heavy atom. The maximum atomic E-state index is 13.1. The van der Waals surface area contributed by atoms with Crippen LogP contribution in [0.1, 0.15) is 25.3 Å². The Labute approximate surface area is 192 Å². The first-order chi connectivity index (χ1) is 16.1. The summed E-state index contributed by atoms with van der Waals surface area (Å²) in [6.45, 7) is 3.41. The number of carbonyl (C=O) groups is 1. The minimum atomic E-state index is -1.58. The second kappa shape index (κ2) is 10.8. The fraction of sp³-hybridized carbons (Fsp3) is 0.333. The summed E-state index contributed by atoms with van der Waals surface area (Å²) in [4.78, 5) is 26.8. The first kappa shape index (κ1) is 22.6. The predicted octanol–water partition coefficient (Wildman–Crippen LogP) is 4.10. The molecule has 0 saturated carbocycles. The molecule has 1 aliphatic rings. The summed E-state index contributed by atoms with van der Waals surface area (Å²) < 4.78 is 19.2. The number of hydrogen-bond acceptors (Lipinski definition) is 7. The minimum absolute atomic E-state index is 0.214. The van der Waals surface area contributed by atoms with Gasteiger partial charge in [0.25, 0.3) is 5.91 Å². The van der Waals surface area contributed by atoms with E-state index in [1.54, 1.807) is 18.2 Å². The summed E-state index contributed by atoms with van der Waals surface area (Å²) in [6.07, 6.45) is 1.90. The van der Waals surface area contributed by atoms with Crippen molar-refractivity contribution >= 4 is 29.2 Å². The number of hydrogen-bond donors (Lipinski definition) is 2. The summed E-state index contributed by atoms with van der Waals surface area (Å²) in [5.74, 6) is 0.306. The van der Waals surface area contributed by atoms with Crippen molar-refractivity contribution in [3.8, 4) is 0 Å². The van der Waals surface area contributed by atoms with Crippen LogP contribution in [0.5, 0.6) is 0 Å². The number of alkyl halides is 1. The second-order valence-corrected chi connectivity index (χ2v) is 7.90. The van der Waals surface area contributed by atoms with E-state index in [9.17, 15) is 9.18 Å². The molecular weight excluding hydrogens is 423 g/mol. The lowest BCUT2D eigenvalue weighted by atomic mass is 10.1. The molecule has 3 aromatic rings. The zero-order chi connectivity index (χ0) is 23.0. The molecule has 8 nitrogen and oxygen atoms in total. The van der Waals surface area contributed by atoms with Gasteiger partial charge in [0.15, 0.2) is 6.17 Å². The van der Waals surface area contributed by atoms with Gasteiger partial charge in [-0.3, -0.25) is 4.79 Å². The number of nitrogens with one attached hydrogen (secondary N) is 2. The molecule has 1 atom stereocenters. The summed E-state index contributed by atoms with van der Waals surface area (Å²) >= 11 is 0. The van der Waals surface area contributed by atoms with E-state index in [4.69, 9.17) is 4.74 Å². The van der Waals surface area contributed by atoms with Crippen LogP contribution in [-0.4, -0.2) is 46.2 Å². The third kappa shape index (κ3) is 6.45. The highest BCUT2D eigenvalue weighted by Crippen LogP contribution is 2.22.